The number of hydrogen-bond acceptors (Lipinski definition) is 4. The summed E-state index contributed by atoms with van der Waals surface area (Å²) in [6, 6.07) is 4.21. The van der Waals surface area contributed by atoms with Gasteiger partial charge in [0.05, 0.1) is 0 Å². The second kappa shape index (κ2) is 5.95. The molecule has 0 atom stereocenters. The van der Waals surface area contributed by atoms with E-state index in [4.69, 9.17) is 0 Å². The van der Waals surface area contributed by atoms with Gasteiger partial charge in [0.25, 0.3) is 0 Å². The predicted molar refractivity (Wildman–Crippen MR) is 91.5 cm³/mol. The van der Waals surface area contributed by atoms with Gasteiger partial charge in [-0.25, -0.2) is 4.98 Å². The number of nitrogens with zero attached hydrogens (tertiary/aromatic N) is 2. The van der Waals surface area contributed by atoms with Gasteiger partial charge in [0.1, 0.15) is 12.1 Å². The molecule has 0 unspecified atom stereocenters. The molecular weight excluding hydrogens is 294 g/mol. The Morgan fingerprint density at radius 1 is 1.05 bits per heavy atom. The third-order valence-corrected chi connectivity index (χ3v) is 4.50. The first-order valence-corrected chi connectivity index (χ1v) is 8.42. The van der Waals surface area contributed by atoms with E-state index in [1.165, 1.54) is 11.9 Å². The van der Waals surface area contributed by atoms with Gasteiger partial charge in [-0.2, -0.15) is 5.10 Å². The van der Waals surface area contributed by atoms with Crippen LogP contribution in [0.15, 0.2) is 23.6 Å². The van der Waals surface area contributed by atoms with E-state index in [0.717, 1.165) is 22.0 Å². The molecule has 2 rings (SSSR count). The molecule has 4 nitrogen and oxygen atoms in total. The number of rotatable bonds is 3. The van der Waals surface area contributed by atoms with E-state index in [-0.39, 0.29) is 10.8 Å². The van der Waals surface area contributed by atoms with Gasteiger partial charge in [-0.15, -0.1) is 0 Å². The second-order valence-electron chi connectivity index (χ2n) is 7.62. The van der Waals surface area contributed by atoms with Crippen LogP contribution in [0.2, 0.25) is 0 Å². The van der Waals surface area contributed by atoms with Crippen LogP contribution in [0.25, 0.3) is 0 Å². The largest absolute Gasteiger partial charge is 0.507 e. The second-order valence-corrected chi connectivity index (χ2v) is 8.58. The number of aromatic nitrogens is 3. The highest BCUT2D eigenvalue weighted by Crippen LogP contribution is 2.40. The highest BCUT2D eigenvalue weighted by molar-refractivity contribution is 7.98. The number of aromatic hydroxyl groups is 1. The Labute approximate surface area is 136 Å². The molecule has 0 fully saturated rings. The van der Waals surface area contributed by atoms with E-state index < -0.39 is 0 Å². The minimum Gasteiger partial charge on any atom is -0.507 e. The van der Waals surface area contributed by atoms with Crippen LogP contribution in [-0.4, -0.2) is 20.3 Å². The summed E-state index contributed by atoms with van der Waals surface area (Å²) in [5, 5.41) is 18.2. The fourth-order valence-electron chi connectivity index (χ4n) is 2.34. The molecule has 0 aliphatic carbocycles. The van der Waals surface area contributed by atoms with Crippen molar-refractivity contribution < 1.29 is 5.11 Å². The minimum absolute atomic E-state index is 0.100. The molecule has 0 saturated carbocycles. The fraction of sp³-hybridized carbons (Fsp3) is 0.529. The van der Waals surface area contributed by atoms with E-state index in [0.29, 0.717) is 5.75 Å². The van der Waals surface area contributed by atoms with Crippen molar-refractivity contribution in [2.75, 3.05) is 0 Å². The first kappa shape index (κ1) is 16.9. The van der Waals surface area contributed by atoms with Gasteiger partial charge in [0.2, 0.25) is 0 Å². The number of phenols is 1. The minimum atomic E-state index is -0.100. The van der Waals surface area contributed by atoms with Crippen molar-refractivity contribution in [1.82, 2.24) is 15.2 Å². The third-order valence-electron chi connectivity index (χ3n) is 3.55. The van der Waals surface area contributed by atoms with Gasteiger partial charge in [-0.1, -0.05) is 65.4 Å². The average molecular weight is 319 g/mol. The summed E-state index contributed by atoms with van der Waals surface area (Å²) in [6.45, 7) is 12.8. The van der Waals surface area contributed by atoms with Gasteiger partial charge >= 0.3 is 0 Å². The highest BCUT2D eigenvalue weighted by atomic mass is 32.2. The maximum atomic E-state index is 10.7. The van der Waals surface area contributed by atoms with E-state index in [1.807, 2.05) is 0 Å². The van der Waals surface area contributed by atoms with Crippen LogP contribution < -0.4 is 0 Å². The maximum Gasteiger partial charge on any atom is 0.183 e. The zero-order valence-corrected chi connectivity index (χ0v) is 15.0. The van der Waals surface area contributed by atoms with Crippen molar-refractivity contribution in [3.8, 4) is 5.75 Å². The highest BCUT2D eigenvalue weighted by Gasteiger charge is 2.26. The topological polar surface area (TPSA) is 61.8 Å². The van der Waals surface area contributed by atoms with Gasteiger partial charge in [0.15, 0.2) is 5.16 Å². The Kier molecular flexibility index (Phi) is 4.57. The quantitative estimate of drug-likeness (QED) is 0.823. The summed E-state index contributed by atoms with van der Waals surface area (Å²) >= 11 is 1.61. The van der Waals surface area contributed by atoms with Gasteiger partial charge in [0, 0.05) is 5.75 Å². The summed E-state index contributed by atoms with van der Waals surface area (Å²) in [5.41, 5.74) is 2.98. The molecule has 2 aromatic rings. The molecule has 0 radical (unpaired) electrons. The summed E-state index contributed by atoms with van der Waals surface area (Å²) in [5.74, 6) is 1.22. The number of nitrogens with one attached hydrogen (secondary N) is 1. The summed E-state index contributed by atoms with van der Waals surface area (Å²) in [4.78, 5) is 4.14. The van der Waals surface area contributed by atoms with Crippen LogP contribution in [0, 0.1) is 0 Å². The van der Waals surface area contributed by atoms with E-state index in [9.17, 15) is 5.11 Å². The van der Waals surface area contributed by atoms with Crippen molar-refractivity contribution in [2.24, 2.45) is 0 Å². The van der Waals surface area contributed by atoms with Crippen LogP contribution >= 0.6 is 11.8 Å². The number of hydrogen-bond donors (Lipinski definition) is 2. The molecule has 0 aliphatic rings. The Bertz CT molecular complexity index is 602. The summed E-state index contributed by atoms with van der Waals surface area (Å²) in [6.07, 6.45) is 1.51. The molecule has 0 amide bonds. The fourth-order valence-corrected chi connectivity index (χ4v) is 3.05. The van der Waals surface area contributed by atoms with E-state index in [2.05, 4.69) is 68.9 Å². The Morgan fingerprint density at radius 2 is 1.59 bits per heavy atom. The van der Waals surface area contributed by atoms with Gasteiger partial charge < -0.3 is 5.11 Å². The van der Waals surface area contributed by atoms with Crippen molar-refractivity contribution in [3.05, 3.63) is 35.2 Å². The van der Waals surface area contributed by atoms with Crippen molar-refractivity contribution in [1.29, 1.82) is 0 Å². The van der Waals surface area contributed by atoms with Crippen LogP contribution in [0.1, 0.15) is 58.2 Å². The zero-order chi connectivity index (χ0) is 16.5. The summed E-state index contributed by atoms with van der Waals surface area (Å²) in [7, 11) is 0. The molecule has 0 spiro atoms. The number of phenolic OH excluding ortho intramolecular Hbond substituents is 1. The van der Waals surface area contributed by atoms with Gasteiger partial charge in [-0.05, 0) is 27.5 Å². The molecule has 1 heterocycles. The molecule has 5 heteroatoms. The standard InChI is InChI=1S/C17H25N3OS/c1-16(2,3)12-7-11(9-22-15-18-10-19-20-15)8-13(14(12)21)17(4,5)6/h7-8,10,21H,9H2,1-6H3,(H,18,19,20). The van der Waals surface area contributed by atoms with Gasteiger partial charge in [-0.3, -0.25) is 5.10 Å². The Balaban J connectivity index is 2.41. The molecule has 0 aliphatic heterocycles. The SMILES string of the molecule is CC(C)(C)c1cc(CSc2ncn[nH]2)cc(C(C)(C)C)c1O. The smallest absolute Gasteiger partial charge is 0.183 e. The monoisotopic (exact) mass is 319 g/mol. The lowest BCUT2D eigenvalue weighted by atomic mass is 9.78. The third kappa shape index (κ3) is 3.83. The molecule has 120 valence electrons. The maximum absolute atomic E-state index is 10.7. The van der Waals surface area contributed by atoms with E-state index in [1.54, 1.807) is 11.8 Å². The van der Waals surface area contributed by atoms with Crippen molar-refractivity contribution >= 4 is 11.8 Å². The summed E-state index contributed by atoms with van der Waals surface area (Å²) < 4.78 is 0. The molecule has 1 aromatic heterocycles. The molecule has 0 bridgehead atoms. The van der Waals surface area contributed by atoms with E-state index >= 15 is 0 Å². The van der Waals surface area contributed by atoms with Crippen LogP contribution in [-0.2, 0) is 16.6 Å². The number of H-pyrrole nitrogens is 1. The number of aromatic amines is 1. The predicted octanol–water partition coefficient (Wildman–Crippen LogP) is 4.40. The Hall–Kier alpha value is -1.49. The lowest BCUT2D eigenvalue weighted by molar-refractivity contribution is 0.423. The normalized spacial score (nSPS) is 12.6. The number of benzene rings is 1. The number of thioether (sulfide) groups is 1. The molecule has 22 heavy (non-hydrogen) atoms. The Morgan fingerprint density at radius 3 is 2.00 bits per heavy atom. The molecule has 0 saturated heterocycles. The lowest BCUT2D eigenvalue weighted by Crippen LogP contribution is -2.17. The zero-order valence-electron chi connectivity index (χ0n) is 14.2. The van der Waals surface area contributed by atoms with Crippen molar-refractivity contribution in [3.63, 3.8) is 0 Å². The first-order valence-electron chi connectivity index (χ1n) is 7.44. The van der Waals surface area contributed by atoms with Crippen molar-refractivity contribution in [2.45, 2.75) is 63.3 Å². The molecular formula is C17H25N3OS. The average Bonchev–Trinajstić information content (AvgIpc) is 2.87. The van der Waals surface area contributed by atoms with Crippen LogP contribution in [0.4, 0.5) is 0 Å². The molecule has 2 N–H and O–H groups in total. The lowest BCUT2D eigenvalue weighted by Gasteiger charge is -2.28. The molecule has 1 aromatic carbocycles. The van der Waals surface area contributed by atoms with Crippen LogP contribution in [0.3, 0.4) is 0 Å². The van der Waals surface area contributed by atoms with Crippen LogP contribution in [0.5, 0.6) is 5.75 Å². The first-order chi connectivity index (χ1) is 10.1.